The van der Waals surface area contributed by atoms with Crippen molar-refractivity contribution in [3.05, 3.63) is 34.3 Å². The van der Waals surface area contributed by atoms with E-state index < -0.39 is 22.8 Å². The molecule has 7 heteroatoms. The Morgan fingerprint density at radius 2 is 1.64 bits per heavy atom. The zero-order valence-corrected chi connectivity index (χ0v) is 12.6. The van der Waals surface area contributed by atoms with Crippen LogP contribution < -0.4 is 0 Å². The highest BCUT2D eigenvalue weighted by molar-refractivity contribution is 6.31. The second-order valence-electron chi connectivity index (χ2n) is 6.13. The van der Waals surface area contributed by atoms with Gasteiger partial charge >= 0.3 is 11.9 Å². The standard InChI is InChI=1S/C15H14ClNO5/c1-8-2-9(4-10(16)3-8)11(18)17-6-14(12(19)20)5-15(14,7-17)13(21)22/h2-4H,5-7H2,1H3,(H,19,20)(H,21,22)/t14-,15+. The number of hydrogen-bond donors (Lipinski definition) is 2. The molecular weight excluding hydrogens is 310 g/mol. The van der Waals surface area contributed by atoms with E-state index in [0.29, 0.717) is 10.6 Å². The number of carbonyl (C=O) groups is 3. The smallest absolute Gasteiger partial charge is 0.312 e. The van der Waals surface area contributed by atoms with Crippen molar-refractivity contribution in [1.29, 1.82) is 0 Å². The Morgan fingerprint density at radius 3 is 2.09 bits per heavy atom. The first kappa shape index (κ1) is 14.8. The van der Waals surface area contributed by atoms with Crippen LogP contribution in [0.2, 0.25) is 5.02 Å². The van der Waals surface area contributed by atoms with Gasteiger partial charge in [-0.25, -0.2) is 0 Å². The summed E-state index contributed by atoms with van der Waals surface area (Å²) in [5.74, 6) is -2.71. The third kappa shape index (κ3) is 1.83. The van der Waals surface area contributed by atoms with Gasteiger partial charge in [0.15, 0.2) is 0 Å². The quantitative estimate of drug-likeness (QED) is 0.882. The monoisotopic (exact) mass is 323 g/mol. The van der Waals surface area contributed by atoms with Gasteiger partial charge in [-0.1, -0.05) is 11.6 Å². The SMILES string of the molecule is Cc1cc(Cl)cc(C(=O)N2C[C@@]3(C(=O)O)C[C@@]3(C(=O)O)C2)c1. The minimum absolute atomic E-state index is 0.0724. The average molecular weight is 324 g/mol. The van der Waals surface area contributed by atoms with E-state index in [1.165, 1.54) is 11.0 Å². The minimum Gasteiger partial charge on any atom is -0.481 e. The molecule has 2 fully saturated rings. The molecule has 116 valence electrons. The predicted octanol–water partition coefficient (Wildman–Crippen LogP) is 1.65. The first-order valence-electron chi connectivity index (χ1n) is 6.75. The third-order valence-corrected chi connectivity index (χ3v) is 4.93. The van der Waals surface area contributed by atoms with Crippen LogP contribution in [0.4, 0.5) is 0 Å². The molecule has 6 nitrogen and oxygen atoms in total. The Balaban J connectivity index is 1.91. The molecule has 1 amide bonds. The summed E-state index contributed by atoms with van der Waals surface area (Å²) in [5.41, 5.74) is -1.57. The fourth-order valence-electron chi connectivity index (χ4n) is 3.47. The predicted molar refractivity (Wildman–Crippen MR) is 76.8 cm³/mol. The van der Waals surface area contributed by atoms with Gasteiger partial charge in [0.25, 0.3) is 5.91 Å². The number of carbonyl (C=O) groups excluding carboxylic acids is 1. The first-order chi connectivity index (χ1) is 10.2. The number of benzene rings is 1. The molecule has 3 rings (SSSR count). The number of rotatable bonds is 3. The van der Waals surface area contributed by atoms with Gasteiger partial charge in [0.2, 0.25) is 0 Å². The van der Waals surface area contributed by atoms with E-state index in [1.54, 1.807) is 19.1 Å². The van der Waals surface area contributed by atoms with E-state index in [1.807, 2.05) is 0 Å². The second-order valence-corrected chi connectivity index (χ2v) is 6.57. The number of hydrogen-bond acceptors (Lipinski definition) is 3. The highest BCUT2D eigenvalue weighted by Gasteiger charge is 2.81. The average Bonchev–Trinajstić information content (AvgIpc) is 2.96. The van der Waals surface area contributed by atoms with E-state index in [9.17, 15) is 24.6 Å². The zero-order valence-electron chi connectivity index (χ0n) is 11.8. The van der Waals surface area contributed by atoms with Crippen molar-refractivity contribution >= 4 is 29.4 Å². The summed E-state index contributed by atoms with van der Waals surface area (Å²) >= 11 is 5.93. The summed E-state index contributed by atoms with van der Waals surface area (Å²) in [7, 11) is 0. The van der Waals surface area contributed by atoms with E-state index >= 15 is 0 Å². The van der Waals surface area contributed by atoms with Gasteiger partial charge in [0.1, 0.15) is 10.8 Å². The summed E-state index contributed by atoms with van der Waals surface area (Å²) in [6, 6.07) is 4.86. The Kier molecular flexibility index (Phi) is 3.01. The lowest BCUT2D eigenvalue weighted by Gasteiger charge is -2.20. The van der Waals surface area contributed by atoms with Gasteiger partial charge in [-0.15, -0.1) is 0 Å². The third-order valence-electron chi connectivity index (χ3n) is 4.71. The first-order valence-corrected chi connectivity index (χ1v) is 7.13. The molecule has 2 aliphatic rings. The van der Waals surface area contributed by atoms with Gasteiger partial charge in [-0.05, 0) is 37.1 Å². The number of fused-ring (bicyclic) bond motifs is 1. The van der Waals surface area contributed by atoms with Gasteiger partial charge in [0.05, 0.1) is 0 Å². The molecule has 1 saturated carbocycles. The summed E-state index contributed by atoms with van der Waals surface area (Å²) in [6.07, 6.45) is 0.0724. The molecule has 0 unspecified atom stereocenters. The number of halogens is 1. The molecule has 22 heavy (non-hydrogen) atoms. The second kappa shape index (κ2) is 4.46. The van der Waals surface area contributed by atoms with Crippen molar-refractivity contribution in [2.75, 3.05) is 13.1 Å². The van der Waals surface area contributed by atoms with Crippen LogP contribution in [-0.4, -0.2) is 46.0 Å². The summed E-state index contributed by atoms with van der Waals surface area (Å²) in [6.45, 7) is 1.62. The van der Waals surface area contributed by atoms with Crippen LogP contribution in [0.5, 0.6) is 0 Å². The van der Waals surface area contributed by atoms with Crippen molar-refractivity contribution in [1.82, 2.24) is 4.90 Å². The Morgan fingerprint density at radius 1 is 1.09 bits per heavy atom. The number of amides is 1. The molecule has 2 atom stereocenters. The van der Waals surface area contributed by atoms with Crippen molar-refractivity contribution in [2.45, 2.75) is 13.3 Å². The molecule has 1 aromatic carbocycles. The highest BCUT2D eigenvalue weighted by atomic mass is 35.5. The molecule has 2 N–H and O–H groups in total. The van der Waals surface area contributed by atoms with Crippen LogP contribution in [0.25, 0.3) is 0 Å². The highest BCUT2D eigenvalue weighted by Crippen LogP contribution is 2.68. The van der Waals surface area contributed by atoms with Crippen molar-refractivity contribution in [3.63, 3.8) is 0 Å². The van der Waals surface area contributed by atoms with Crippen LogP contribution in [0.15, 0.2) is 18.2 Å². The topological polar surface area (TPSA) is 94.9 Å². The number of aryl methyl sites for hydroxylation is 1. The maximum atomic E-state index is 12.5. The van der Waals surface area contributed by atoms with Gasteiger partial charge in [-0.3, -0.25) is 14.4 Å². The maximum Gasteiger partial charge on any atom is 0.312 e. The van der Waals surface area contributed by atoms with Crippen LogP contribution in [0, 0.1) is 17.8 Å². The van der Waals surface area contributed by atoms with Crippen molar-refractivity contribution in [2.24, 2.45) is 10.8 Å². The maximum absolute atomic E-state index is 12.5. The Labute approximate surface area is 131 Å². The molecule has 0 bridgehead atoms. The van der Waals surface area contributed by atoms with Gasteiger partial charge < -0.3 is 15.1 Å². The largest absolute Gasteiger partial charge is 0.481 e. The lowest BCUT2D eigenvalue weighted by Crippen LogP contribution is -2.34. The van der Waals surface area contributed by atoms with Crippen LogP contribution in [0.1, 0.15) is 22.3 Å². The van der Waals surface area contributed by atoms with Crippen LogP contribution in [0.3, 0.4) is 0 Å². The van der Waals surface area contributed by atoms with Crippen LogP contribution >= 0.6 is 11.6 Å². The van der Waals surface area contributed by atoms with E-state index in [2.05, 4.69) is 0 Å². The van der Waals surface area contributed by atoms with Gasteiger partial charge in [0, 0.05) is 23.7 Å². The minimum atomic E-state index is -1.36. The molecule has 0 radical (unpaired) electrons. The number of carboxylic acids is 2. The molecule has 1 saturated heterocycles. The molecule has 1 aliphatic carbocycles. The normalized spacial score (nSPS) is 29.1. The molecule has 0 spiro atoms. The molecular formula is C15H14ClNO5. The fraction of sp³-hybridized carbons (Fsp3) is 0.400. The van der Waals surface area contributed by atoms with Crippen LogP contribution in [-0.2, 0) is 9.59 Å². The number of carboxylic acid groups (broad SMARTS) is 2. The van der Waals surface area contributed by atoms with E-state index in [-0.39, 0.29) is 25.4 Å². The lowest BCUT2D eigenvalue weighted by molar-refractivity contribution is -0.151. The number of piperidine rings is 1. The van der Waals surface area contributed by atoms with Crippen molar-refractivity contribution < 1.29 is 24.6 Å². The van der Waals surface area contributed by atoms with E-state index in [0.717, 1.165) is 5.56 Å². The summed E-state index contributed by atoms with van der Waals surface area (Å²) in [4.78, 5) is 36.8. The van der Waals surface area contributed by atoms with Gasteiger partial charge in [-0.2, -0.15) is 0 Å². The van der Waals surface area contributed by atoms with Crippen molar-refractivity contribution in [3.8, 4) is 0 Å². The zero-order chi connectivity index (χ0) is 16.3. The Hall–Kier alpha value is -2.08. The summed E-state index contributed by atoms with van der Waals surface area (Å²) < 4.78 is 0. The molecule has 1 aromatic rings. The number of likely N-dealkylation sites (tertiary alicyclic amines) is 1. The Bertz CT molecular complexity index is 670. The number of nitrogens with zero attached hydrogens (tertiary/aromatic N) is 1. The number of aliphatic carboxylic acids is 2. The fourth-order valence-corrected chi connectivity index (χ4v) is 3.76. The summed E-state index contributed by atoms with van der Waals surface area (Å²) in [5, 5.41) is 19.1. The molecule has 1 aliphatic heterocycles. The molecule has 0 aromatic heterocycles. The lowest BCUT2D eigenvalue weighted by atomic mass is 9.97. The van der Waals surface area contributed by atoms with E-state index in [4.69, 9.17) is 11.6 Å². The molecule has 1 heterocycles.